The molecule has 156 valence electrons. The highest BCUT2D eigenvalue weighted by atomic mass is 32.2. The van der Waals surface area contributed by atoms with Gasteiger partial charge in [0.15, 0.2) is 5.16 Å². The highest BCUT2D eigenvalue weighted by molar-refractivity contribution is 7.99. The summed E-state index contributed by atoms with van der Waals surface area (Å²) >= 11 is 1.80. The van der Waals surface area contributed by atoms with Crippen LogP contribution in [0.4, 0.5) is 0 Å². The van der Waals surface area contributed by atoms with Crippen LogP contribution in [-0.4, -0.2) is 65.4 Å². The molecule has 1 aromatic carbocycles. The first kappa shape index (κ1) is 20.6. The van der Waals surface area contributed by atoms with Gasteiger partial charge in [-0.2, -0.15) is 0 Å². The zero-order chi connectivity index (χ0) is 19.9. The standard InChI is InChI=1S/C23H32N4OS/c1-28-22-9-3-2-7-20(22)18-27-14-6-8-19(17-27)21-10-11-24-23(25-21)29-16-15-26-12-4-5-13-26/h2-3,7,9-11,19H,4-6,8,12-18H2,1H3/t19-/m1/s1. The van der Waals surface area contributed by atoms with Gasteiger partial charge in [0, 0.05) is 48.8 Å². The van der Waals surface area contributed by atoms with E-state index < -0.39 is 0 Å². The molecule has 29 heavy (non-hydrogen) atoms. The Bertz CT molecular complexity index is 781. The van der Waals surface area contributed by atoms with Crippen molar-refractivity contribution < 1.29 is 4.74 Å². The van der Waals surface area contributed by atoms with Gasteiger partial charge in [-0.1, -0.05) is 30.0 Å². The number of nitrogens with zero attached hydrogens (tertiary/aromatic N) is 4. The summed E-state index contributed by atoms with van der Waals surface area (Å²) in [5.74, 6) is 2.54. The summed E-state index contributed by atoms with van der Waals surface area (Å²) in [6, 6.07) is 10.5. The molecule has 0 saturated carbocycles. The van der Waals surface area contributed by atoms with Crippen LogP contribution in [0.3, 0.4) is 0 Å². The van der Waals surface area contributed by atoms with Crippen LogP contribution in [0.5, 0.6) is 5.75 Å². The monoisotopic (exact) mass is 412 g/mol. The van der Waals surface area contributed by atoms with Gasteiger partial charge in [0.1, 0.15) is 5.75 Å². The van der Waals surface area contributed by atoms with Crippen molar-refractivity contribution in [2.45, 2.75) is 43.3 Å². The number of likely N-dealkylation sites (tertiary alicyclic amines) is 2. The van der Waals surface area contributed by atoms with Gasteiger partial charge in [-0.15, -0.1) is 0 Å². The van der Waals surface area contributed by atoms with Crippen LogP contribution in [0.1, 0.15) is 42.9 Å². The maximum absolute atomic E-state index is 5.53. The maximum atomic E-state index is 5.53. The number of methoxy groups -OCH3 is 1. The summed E-state index contributed by atoms with van der Waals surface area (Å²) in [6.45, 7) is 6.78. The van der Waals surface area contributed by atoms with Crippen LogP contribution in [0.15, 0.2) is 41.7 Å². The normalized spacial score (nSPS) is 20.8. The molecule has 0 bridgehead atoms. The average molecular weight is 413 g/mol. The van der Waals surface area contributed by atoms with Crippen molar-refractivity contribution in [1.29, 1.82) is 0 Å². The fraction of sp³-hybridized carbons (Fsp3) is 0.565. The third-order valence-corrected chi connectivity index (χ3v) is 6.84. The van der Waals surface area contributed by atoms with E-state index in [0.717, 1.165) is 42.8 Å². The van der Waals surface area contributed by atoms with Crippen LogP contribution in [-0.2, 0) is 6.54 Å². The second-order valence-corrected chi connectivity index (χ2v) is 9.11. The molecule has 2 aromatic rings. The summed E-state index contributed by atoms with van der Waals surface area (Å²) in [7, 11) is 1.75. The van der Waals surface area contributed by atoms with Crippen molar-refractivity contribution in [3.05, 3.63) is 47.8 Å². The number of para-hydroxylation sites is 1. The zero-order valence-corrected chi connectivity index (χ0v) is 18.2. The van der Waals surface area contributed by atoms with Crippen LogP contribution in [0.25, 0.3) is 0 Å². The molecule has 0 N–H and O–H groups in total. The number of piperidine rings is 1. The Hall–Kier alpha value is -1.63. The van der Waals surface area contributed by atoms with E-state index in [9.17, 15) is 0 Å². The van der Waals surface area contributed by atoms with E-state index in [2.05, 4.69) is 33.0 Å². The third kappa shape index (κ3) is 5.71. The number of hydrogen-bond acceptors (Lipinski definition) is 6. The van der Waals surface area contributed by atoms with Gasteiger partial charge in [-0.3, -0.25) is 4.90 Å². The van der Waals surface area contributed by atoms with Gasteiger partial charge in [0.05, 0.1) is 7.11 Å². The number of rotatable bonds is 8. The van der Waals surface area contributed by atoms with Gasteiger partial charge in [-0.25, -0.2) is 9.97 Å². The second kappa shape index (κ2) is 10.4. The molecule has 6 heteroatoms. The van der Waals surface area contributed by atoms with Crippen molar-refractivity contribution in [3.8, 4) is 5.75 Å². The Balaban J connectivity index is 1.34. The molecule has 0 amide bonds. The number of benzene rings is 1. The summed E-state index contributed by atoms with van der Waals surface area (Å²) < 4.78 is 5.53. The van der Waals surface area contributed by atoms with Crippen molar-refractivity contribution >= 4 is 11.8 Å². The molecule has 0 radical (unpaired) electrons. The molecule has 2 aliphatic rings. The molecule has 2 fully saturated rings. The summed E-state index contributed by atoms with van der Waals surface area (Å²) in [5, 5.41) is 0.934. The SMILES string of the molecule is COc1ccccc1CN1CCC[C@@H](c2ccnc(SCCN3CCCC3)n2)C1. The zero-order valence-electron chi connectivity index (χ0n) is 17.4. The molecule has 4 rings (SSSR count). The highest BCUT2D eigenvalue weighted by Gasteiger charge is 2.23. The molecule has 0 spiro atoms. The van der Waals surface area contributed by atoms with E-state index in [4.69, 9.17) is 9.72 Å². The summed E-state index contributed by atoms with van der Waals surface area (Å²) in [5.41, 5.74) is 2.46. The Labute approximate surface area is 178 Å². The van der Waals surface area contributed by atoms with E-state index in [1.54, 1.807) is 18.9 Å². The first-order valence-electron chi connectivity index (χ1n) is 10.8. The molecule has 2 saturated heterocycles. The molecular weight excluding hydrogens is 380 g/mol. The largest absolute Gasteiger partial charge is 0.496 e. The highest BCUT2D eigenvalue weighted by Crippen LogP contribution is 2.29. The lowest BCUT2D eigenvalue weighted by Crippen LogP contribution is -2.34. The molecule has 5 nitrogen and oxygen atoms in total. The third-order valence-electron chi connectivity index (χ3n) is 6.00. The van der Waals surface area contributed by atoms with E-state index in [1.165, 1.54) is 50.0 Å². The van der Waals surface area contributed by atoms with E-state index in [1.807, 2.05) is 18.3 Å². The number of aromatic nitrogens is 2. The Morgan fingerprint density at radius 2 is 1.90 bits per heavy atom. The van der Waals surface area contributed by atoms with Gasteiger partial charge in [0.2, 0.25) is 0 Å². The first-order valence-corrected chi connectivity index (χ1v) is 11.8. The fourth-order valence-electron chi connectivity index (χ4n) is 4.44. The van der Waals surface area contributed by atoms with Crippen LogP contribution in [0.2, 0.25) is 0 Å². The second-order valence-electron chi connectivity index (χ2n) is 8.05. The topological polar surface area (TPSA) is 41.5 Å². The van der Waals surface area contributed by atoms with Crippen LogP contribution < -0.4 is 4.74 Å². The molecule has 1 atom stereocenters. The lowest BCUT2D eigenvalue weighted by Gasteiger charge is -2.32. The Morgan fingerprint density at radius 3 is 2.76 bits per heavy atom. The van der Waals surface area contributed by atoms with Crippen molar-refractivity contribution in [1.82, 2.24) is 19.8 Å². The van der Waals surface area contributed by atoms with E-state index in [0.29, 0.717) is 5.92 Å². The fourth-order valence-corrected chi connectivity index (χ4v) is 5.28. The predicted octanol–water partition coefficient (Wildman–Crippen LogP) is 4.05. The van der Waals surface area contributed by atoms with Gasteiger partial charge in [-0.05, 0) is 57.5 Å². The first-order chi connectivity index (χ1) is 14.3. The minimum atomic E-state index is 0.486. The smallest absolute Gasteiger partial charge is 0.187 e. The lowest BCUT2D eigenvalue weighted by molar-refractivity contribution is 0.196. The molecular formula is C23H32N4OS. The molecule has 0 unspecified atom stereocenters. The Morgan fingerprint density at radius 1 is 1.07 bits per heavy atom. The predicted molar refractivity (Wildman–Crippen MR) is 119 cm³/mol. The molecule has 2 aliphatic heterocycles. The molecule has 0 aliphatic carbocycles. The minimum Gasteiger partial charge on any atom is -0.496 e. The number of thioether (sulfide) groups is 1. The summed E-state index contributed by atoms with van der Waals surface area (Å²) in [4.78, 5) is 14.5. The van der Waals surface area contributed by atoms with Crippen LogP contribution in [0, 0.1) is 0 Å². The minimum absolute atomic E-state index is 0.486. The lowest BCUT2D eigenvalue weighted by atomic mass is 9.94. The van der Waals surface area contributed by atoms with Gasteiger partial charge < -0.3 is 9.64 Å². The van der Waals surface area contributed by atoms with Gasteiger partial charge >= 0.3 is 0 Å². The molecule has 1 aromatic heterocycles. The number of hydrogen-bond donors (Lipinski definition) is 0. The van der Waals surface area contributed by atoms with Crippen molar-refractivity contribution in [2.75, 3.05) is 45.6 Å². The van der Waals surface area contributed by atoms with Crippen LogP contribution >= 0.6 is 11.8 Å². The van der Waals surface area contributed by atoms with Crippen molar-refractivity contribution in [3.63, 3.8) is 0 Å². The summed E-state index contributed by atoms with van der Waals surface area (Å²) in [6.07, 6.45) is 7.06. The Kier molecular flexibility index (Phi) is 7.41. The maximum Gasteiger partial charge on any atom is 0.187 e. The quantitative estimate of drug-likeness (QED) is 0.481. The molecule has 3 heterocycles. The van der Waals surface area contributed by atoms with E-state index >= 15 is 0 Å². The average Bonchev–Trinajstić information content (AvgIpc) is 3.28. The van der Waals surface area contributed by atoms with Crippen molar-refractivity contribution in [2.24, 2.45) is 0 Å². The van der Waals surface area contributed by atoms with E-state index in [-0.39, 0.29) is 0 Å². The number of ether oxygens (including phenoxy) is 1. The van der Waals surface area contributed by atoms with Gasteiger partial charge in [0.25, 0.3) is 0 Å².